The molecule has 0 bridgehead atoms. The molecule has 2 amide bonds. The van der Waals surface area contributed by atoms with E-state index in [9.17, 15) is 18.3 Å². The van der Waals surface area contributed by atoms with E-state index < -0.39 is 16.1 Å². The van der Waals surface area contributed by atoms with Gasteiger partial charge in [0.25, 0.3) is 0 Å². The Balaban J connectivity index is 2.50. The molecule has 0 saturated carbocycles. The number of urea groups is 1. The largest absolute Gasteiger partial charge is 0.389 e. The van der Waals surface area contributed by atoms with Crippen molar-refractivity contribution in [2.45, 2.75) is 17.5 Å². The normalized spacial score (nSPS) is 12.7. The molecule has 0 heterocycles. The third-order valence-corrected chi connectivity index (χ3v) is 3.82. The van der Waals surface area contributed by atoms with E-state index in [1.165, 1.54) is 24.1 Å². The van der Waals surface area contributed by atoms with Crippen molar-refractivity contribution in [1.29, 1.82) is 0 Å². The van der Waals surface area contributed by atoms with Crippen LogP contribution >= 0.6 is 0 Å². The summed E-state index contributed by atoms with van der Waals surface area (Å²) in [5.74, 6) is 0. The number of aliphatic hydroxyl groups is 1. The van der Waals surface area contributed by atoms with Crippen LogP contribution in [-0.2, 0) is 21.3 Å². The minimum absolute atomic E-state index is 0.0161. The highest BCUT2D eigenvalue weighted by Crippen LogP contribution is 2.08. The second-order valence-corrected chi connectivity index (χ2v) is 6.40. The van der Waals surface area contributed by atoms with Crippen LogP contribution in [0.1, 0.15) is 5.56 Å². The number of nitrogens with zero attached hydrogens (tertiary/aromatic N) is 1. The number of methoxy groups -OCH3 is 1. The van der Waals surface area contributed by atoms with Crippen LogP contribution in [0.5, 0.6) is 0 Å². The molecule has 0 aromatic heterocycles. The van der Waals surface area contributed by atoms with Gasteiger partial charge in [-0.3, -0.25) is 0 Å². The average molecular weight is 331 g/mol. The molecule has 0 fully saturated rings. The van der Waals surface area contributed by atoms with Gasteiger partial charge in [0.05, 0.1) is 24.2 Å². The zero-order valence-corrected chi connectivity index (χ0v) is 13.3. The first kappa shape index (κ1) is 18.4. The molecule has 4 N–H and O–H groups in total. The first-order valence-electron chi connectivity index (χ1n) is 6.51. The van der Waals surface area contributed by atoms with Crippen molar-refractivity contribution in [1.82, 2.24) is 10.2 Å². The molecule has 1 aromatic carbocycles. The third kappa shape index (κ3) is 5.98. The Morgan fingerprint density at radius 2 is 2.00 bits per heavy atom. The van der Waals surface area contributed by atoms with Crippen molar-refractivity contribution in [2.24, 2.45) is 5.14 Å². The molecule has 9 heteroatoms. The Hall–Kier alpha value is -1.68. The van der Waals surface area contributed by atoms with Gasteiger partial charge in [0, 0.05) is 20.7 Å². The molecule has 0 aliphatic heterocycles. The fourth-order valence-electron chi connectivity index (χ4n) is 1.75. The second-order valence-electron chi connectivity index (χ2n) is 4.84. The van der Waals surface area contributed by atoms with Gasteiger partial charge in [0.1, 0.15) is 0 Å². The van der Waals surface area contributed by atoms with E-state index in [0.717, 1.165) is 5.56 Å². The lowest BCUT2D eigenvalue weighted by Crippen LogP contribution is -2.42. The smallest absolute Gasteiger partial charge is 0.317 e. The lowest BCUT2D eigenvalue weighted by atomic mass is 10.2. The van der Waals surface area contributed by atoms with E-state index in [2.05, 4.69) is 5.32 Å². The Kier molecular flexibility index (Phi) is 6.75. The quantitative estimate of drug-likeness (QED) is 0.621. The monoisotopic (exact) mass is 331 g/mol. The maximum atomic E-state index is 11.8. The molecular formula is C13H21N3O5S. The van der Waals surface area contributed by atoms with Crippen LogP contribution in [0.15, 0.2) is 29.2 Å². The molecule has 8 nitrogen and oxygen atoms in total. The van der Waals surface area contributed by atoms with Crippen molar-refractivity contribution in [3.05, 3.63) is 29.8 Å². The summed E-state index contributed by atoms with van der Waals surface area (Å²) < 4.78 is 27.0. The van der Waals surface area contributed by atoms with Crippen molar-refractivity contribution in [3.63, 3.8) is 0 Å². The van der Waals surface area contributed by atoms with E-state index in [4.69, 9.17) is 9.88 Å². The summed E-state index contributed by atoms with van der Waals surface area (Å²) in [6.07, 6.45) is -0.755. The van der Waals surface area contributed by atoms with E-state index in [-0.39, 0.29) is 30.6 Å². The Morgan fingerprint density at radius 1 is 1.41 bits per heavy atom. The fraction of sp³-hybridized carbons (Fsp3) is 0.462. The lowest BCUT2D eigenvalue weighted by molar-refractivity contribution is 0.0489. The number of sulfonamides is 1. The second kappa shape index (κ2) is 8.08. The zero-order valence-electron chi connectivity index (χ0n) is 12.5. The maximum absolute atomic E-state index is 11.8. The van der Waals surface area contributed by atoms with Gasteiger partial charge in [0.2, 0.25) is 10.0 Å². The molecule has 0 spiro atoms. The lowest BCUT2D eigenvalue weighted by Gasteiger charge is -2.21. The summed E-state index contributed by atoms with van der Waals surface area (Å²) >= 11 is 0. The van der Waals surface area contributed by atoms with E-state index in [0.29, 0.717) is 0 Å². The summed E-state index contributed by atoms with van der Waals surface area (Å²) in [4.78, 5) is 13.2. The van der Waals surface area contributed by atoms with Crippen LogP contribution in [-0.4, -0.2) is 57.9 Å². The predicted octanol–water partition coefficient (Wildman–Crippen LogP) is -0.517. The molecule has 1 atom stereocenters. The van der Waals surface area contributed by atoms with E-state index in [1.54, 1.807) is 19.2 Å². The number of benzene rings is 1. The SMILES string of the molecule is COC[C@H](O)CN(C)C(=O)NCc1ccc(S(N)(=O)=O)cc1. The van der Waals surface area contributed by atoms with Crippen molar-refractivity contribution >= 4 is 16.1 Å². The van der Waals surface area contributed by atoms with E-state index >= 15 is 0 Å². The summed E-state index contributed by atoms with van der Waals surface area (Å²) in [6.45, 7) is 0.519. The first-order valence-corrected chi connectivity index (χ1v) is 8.06. The number of rotatable bonds is 7. The van der Waals surface area contributed by atoms with Crippen LogP contribution < -0.4 is 10.5 Å². The highest BCUT2D eigenvalue weighted by molar-refractivity contribution is 7.89. The number of carbonyl (C=O) groups excluding carboxylic acids is 1. The van der Waals surface area contributed by atoms with Crippen molar-refractivity contribution in [2.75, 3.05) is 27.3 Å². The van der Waals surface area contributed by atoms with Crippen LogP contribution in [0.25, 0.3) is 0 Å². The zero-order chi connectivity index (χ0) is 16.8. The Bertz CT molecular complexity index is 588. The van der Waals surface area contributed by atoms with Gasteiger partial charge in [-0.15, -0.1) is 0 Å². The molecule has 1 aromatic rings. The van der Waals surface area contributed by atoms with Gasteiger partial charge in [-0.05, 0) is 17.7 Å². The van der Waals surface area contributed by atoms with Crippen LogP contribution in [0.4, 0.5) is 4.79 Å². The number of amides is 2. The Labute approximate surface area is 129 Å². The minimum atomic E-state index is -3.72. The number of likely N-dealkylation sites (N-methyl/N-ethyl adjacent to an activating group) is 1. The van der Waals surface area contributed by atoms with Crippen molar-refractivity contribution < 1.29 is 23.1 Å². The number of primary sulfonamides is 1. The molecule has 0 saturated heterocycles. The van der Waals surface area contributed by atoms with Gasteiger partial charge >= 0.3 is 6.03 Å². The maximum Gasteiger partial charge on any atom is 0.317 e. The topological polar surface area (TPSA) is 122 Å². The number of ether oxygens (including phenoxy) is 1. The number of nitrogens with two attached hydrogens (primary N) is 1. The minimum Gasteiger partial charge on any atom is -0.389 e. The number of nitrogens with one attached hydrogen (secondary N) is 1. The summed E-state index contributed by atoms with van der Waals surface area (Å²) in [5.41, 5.74) is 0.728. The molecule has 0 aliphatic rings. The molecule has 0 unspecified atom stereocenters. The summed E-state index contributed by atoms with van der Waals surface area (Å²) in [5, 5.41) is 17.2. The molecule has 124 valence electrons. The molecule has 0 aliphatic carbocycles. The Morgan fingerprint density at radius 3 is 2.50 bits per heavy atom. The standard InChI is InChI=1S/C13H21N3O5S/c1-16(8-11(17)9-21-2)13(18)15-7-10-3-5-12(6-4-10)22(14,19)20/h3-6,11,17H,7-9H2,1-2H3,(H,15,18)(H2,14,19,20)/t11-/m1/s1. The average Bonchev–Trinajstić information content (AvgIpc) is 2.44. The third-order valence-electron chi connectivity index (χ3n) is 2.89. The van der Waals surface area contributed by atoms with Gasteiger partial charge in [-0.2, -0.15) is 0 Å². The fourth-order valence-corrected chi connectivity index (χ4v) is 2.27. The van der Waals surface area contributed by atoms with Gasteiger partial charge in [-0.25, -0.2) is 18.4 Å². The number of hydrogen-bond acceptors (Lipinski definition) is 5. The number of carbonyl (C=O) groups is 1. The molecular weight excluding hydrogens is 310 g/mol. The van der Waals surface area contributed by atoms with Gasteiger partial charge in [0.15, 0.2) is 0 Å². The molecule has 22 heavy (non-hydrogen) atoms. The van der Waals surface area contributed by atoms with Crippen LogP contribution in [0.3, 0.4) is 0 Å². The summed E-state index contributed by atoms with van der Waals surface area (Å²) in [7, 11) is -0.698. The number of aliphatic hydroxyl groups excluding tert-OH is 1. The van der Waals surface area contributed by atoms with Crippen LogP contribution in [0, 0.1) is 0 Å². The number of hydrogen-bond donors (Lipinski definition) is 3. The van der Waals surface area contributed by atoms with Crippen LogP contribution in [0.2, 0.25) is 0 Å². The van der Waals surface area contributed by atoms with Crippen molar-refractivity contribution in [3.8, 4) is 0 Å². The predicted molar refractivity (Wildman–Crippen MR) is 80.6 cm³/mol. The van der Waals surface area contributed by atoms with E-state index in [1.807, 2.05) is 0 Å². The van der Waals surface area contributed by atoms with Gasteiger partial charge < -0.3 is 20.1 Å². The highest BCUT2D eigenvalue weighted by Gasteiger charge is 2.13. The molecule has 1 rings (SSSR count). The highest BCUT2D eigenvalue weighted by atomic mass is 32.2. The van der Waals surface area contributed by atoms with Gasteiger partial charge in [-0.1, -0.05) is 12.1 Å². The molecule has 0 radical (unpaired) electrons. The summed E-state index contributed by atoms with van der Waals surface area (Å²) in [6, 6.07) is 5.54. The first-order chi connectivity index (χ1) is 10.2.